The number of ether oxygens (including phenoxy) is 2. The third kappa shape index (κ3) is 8.70. The summed E-state index contributed by atoms with van der Waals surface area (Å²) in [6, 6.07) is 8.38. The molecule has 0 heterocycles. The van der Waals surface area contributed by atoms with Crippen LogP contribution in [0.4, 0.5) is 0 Å². The molecule has 2 rings (SSSR count). The Morgan fingerprint density at radius 1 is 0.969 bits per heavy atom. The number of carbonyl (C=O) groups excluding carboxylic acids is 2. The van der Waals surface area contributed by atoms with Crippen LogP contribution in [0, 0.1) is 13.8 Å². The molecule has 0 unspecified atom stereocenters. The molecule has 3 N–H and O–H groups in total. The lowest BCUT2D eigenvalue weighted by atomic mass is 10.1. The van der Waals surface area contributed by atoms with E-state index in [1.165, 1.54) is 0 Å². The lowest BCUT2D eigenvalue weighted by Gasteiger charge is -2.12. The maximum Gasteiger partial charge on any atom is 0.276 e. The highest BCUT2D eigenvalue weighted by Crippen LogP contribution is 2.27. The van der Waals surface area contributed by atoms with E-state index in [4.69, 9.17) is 56.5 Å². The molecule has 0 aliphatic carbocycles. The molecule has 0 bridgehead atoms. The number of rotatable bonds is 8. The second-order valence-electron chi connectivity index (χ2n) is 6.74. The summed E-state index contributed by atoms with van der Waals surface area (Å²) in [5, 5.41) is 3.99. The summed E-state index contributed by atoms with van der Waals surface area (Å²) in [5.74, 6) is 0.214. The Kier molecular flexibility index (Phi) is 10.3. The number of amides is 2. The largest absolute Gasteiger partial charge is 0.492 e. The van der Waals surface area contributed by atoms with E-state index >= 15 is 0 Å². The van der Waals surface area contributed by atoms with Crippen molar-refractivity contribution in [1.29, 1.82) is 0 Å². The van der Waals surface area contributed by atoms with E-state index in [9.17, 15) is 9.59 Å². The lowest BCUT2D eigenvalue weighted by molar-refractivity contribution is -0.124. The first-order chi connectivity index (χ1) is 15.2. The maximum atomic E-state index is 11.9. The van der Waals surface area contributed by atoms with Gasteiger partial charge in [-0.15, -0.1) is 0 Å². The number of hydrazine groups is 1. The molecular formula is C21H22Cl3N3O4S. The Balaban J connectivity index is 1.62. The van der Waals surface area contributed by atoms with Crippen LogP contribution < -0.4 is 25.6 Å². The molecular weight excluding hydrogens is 497 g/mol. The molecule has 0 saturated heterocycles. The van der Waals surface area contributed by atoms with Crippen LogP contribution in [0.3, 0.4) is 0 Å². The average molecular weight is 519 g/mol. The van der Waals surface area contributed by atoms with Gasteiger partial charge in [0.05, 0.1) is 11.6 Å². The fourth-order valence-electron chi connectivity index (χ4n) is 2.53. The summed E-state index contributed by atoms with van der Waals surface area (Å²) in [4.78, 5) is 23.8. The molecule has 7 nitrogen and oxygen atoms in total. The zero-order valence-electron chi connectivity index (χ0n) is 17.4. The molecule has 11 heteroatoms. The van der Waals surface area contributed by atoms with Crippen LogP contribution in [0.5, 0.6) is 11.5 Å². The molecule has 0 aromatic heterocycles. The predicted molar refractivity (Wildman–Crippen MR) is 130 cm³/mol. The minimum Gasteiger partial charge on any atom is -0.492 e. The summed E-state index contributed by atoms with van der Waals surface area (Å²) >= 11 is 22.9. The van der Waals surface area contributed by atoms with E-state index in [1.807, 2.05) is 13.8 Å². The van der Waals surface area contributed by atoms with E-state index in [2.05, 4.69) is 16.2 Å². The summed E-state index contributed by atoms with van der Waals surface area (Å²) in [7, 11) is 0. The zero-order chi connectivity index (χ0) is 23.7. The molecule has 0 radical (unpaired) electrons. The van der Waals surface area contributed by atoms with Crippen LogP contribution in [-0.4, -0.2) is 30.1 Å². The molecule has 0 spiro atoms. The maximum absolute atomic E-state index is 11.9. The first kappa shape index (κ1) is 26.0. The molecule has 0 aliphatic rings. The smallest absolute Gasteiger partial charge is 0.276 e. The fraction of sp³-hybridized carbons (Fsp3) is 0.286. The van der Waals surface area contributed by atoms with Crippen molar-refractivity contribution in [2.24, 2.45) is 0 Å². The Bertz CT molecular complexity index is 981. The molecule has 0 atom stereocenters. The molecule has 2 amide bonds. The highest BCUT2D eigenvalue weighted by molar-refractivity contribution is 7.80. The van der Waals surface area contributed by atoms with Crippen molar-refractivity contribution in [1.82, 2.24) is 16.2 Å². The number of aryl methyl sites for hydroxylation is 2. The van der Waals surface area contributed by atoms with Gasteiger partial charge in [-0.2, -0.15) is 0 Å². The van der Waals surface area contributed by atoms with Gasteiger partial charge in [0.25, 0.3) is 5.91 Å². The van der Waals surface area contributed by atoms with Gasteiger partial charge >= 0.3 is 0 Å². The third-order valence-corrected chi connectivity index (χ3v) is 5.38. The number of halogens is 3. The van der Waals surface area contributed by atoms with E-state index in [0.717, 1.165) is 11.1 Å². The van der Waals surface area contributed by atoms with Gasteiger partial charge < -0.3 is 14.8 Å². The van der Waals surface area contributed by atoms with Crippen LogP contribution in [0.2, 0.25) is 15.1 Å². The Hall–Kier alpha value is -2.26. The topological polar surface area (TPSA) is 88.7 Å². The van der Waals surface area contributed by atoms with Gasteiger partial charge in [-0.3, -0.25) is 20.4 Å². The van der Waals surface area contributed by atoms with Crippen LogP contribution in [0.15, 0.2) is 30.3 Å². The van der Waals surface area contributed by atoms with Gasteiger partial charge in [-0.1, -0.05) is 34.8 Å². The van der Waals surface area contributed by atoms with Gasteiger partial charge in [-0.05, 0) is 73.9 Å². The number of nitrogens with one attached hydrogen (secondary N) is 3. The van der Waals surface area contributed by atoms with Gasteiger partial charge in [0.1, 0.15) is 11.5 Å². The number of carbonyl (C=O) groups is 2. The van der Waals surface area contributed by atoms with Gasteiger partial charge in [0, 0.05) is 16.5 Å². The highest BCUT2D eigenvalue weighted by Gasteiger charge is 2.09. The SMILES string of the molecule is Cc1cc(OCC(=O)NNC(=S)NC(=O)CCCOc2ccc(Cl)cc2Cl)cc(C)c1Cl. The number of thiocarbonyl (C=S) groups is 1. The third-order valence-electron chi connectivity index (χ3n) is 4.05. The molecule has 2 aromatic carbocycles. The molecule has 32 heavy (non-hydrogen) atoms. The average Bonchev–Trinajstić information content (AvgIpc) is 2.73. The van der Waals surface area contributed by atoms with Crippen molar-refractivity contribution < 1.29 is 19.1 Å². The van der Waals surface area contributed by atoms with Gasteiger partial charge in [0.2, 0.25) is 5.91 Å². The lowest BCUT2D eigenvalue weighted by Crippen LogP contribution is -2.49. The Morgan fingerprint density at radius 3 is 2.31 bits per heavy atom. The first-order valence-corrected chi connectivity index (χ1v) is 11.1. The summed E-state index contributed by atoms with van der Waals surface area (Å²) < 4.78 is 11.0. The van der Waals surface area contributed by atoms with Crippen LogP contribution >= 0.6 is 47.0 Å². The highest BCUT2D eigenvalue weighted by atomic mass is 35.5. The summed E-state index contributed by atoms with van der Waals surface area (Å²) in [6.07, 6.45) is 0.604. The summed E-state index contributed by atoms with van der Waals surface area (Å²) in [6.45, 7) is 3.75. The predicted octanol–water partition coefficient (Wildman–Crippen LogP) is 4.52. The molecule has 0 saturated carbocycles. The van der Waals surface area contributed by atoms with E-state index in [0.29, 0.717) is 33.0 Å². The van der Waals surface area contributed by atoms with Crippen molar-refractivity contribution in [2.45, 2.75) is 26.7 Å². The number of hydrogen-bond donors (Lipinski definition) is 3. The van der Waals surface area contributed by atoms with Gasteiger partial charge in [0.15, 0.2) is 11.7 Å². The van der Waals surface area contributed by atoms with Crippen LogP contribution in [0.25, 0.3) is 0 Å². The molecule has 0 aliphatic heterocycles. The van der Waals surface area contributed by atoms with Crippen molar-refractivity contribution >= 4 is 63.9 Å². The molecule has 172 valence electrons. The molecule has 0 fully saturated rings. The van der Waals surface area contributed by atoms with Crippen molar-refractivity contribution in [3.8, 4) is 11.5 Å². The van der Waals surface area contributed by atoms with Crippen molar-refractivity contribution in [3.63, 3.8) is 0 Å². The van der Waals surface area contributed by atoms with Crippen molar-refractivity contribution in [2.75, 3.05) is 13.2 Å². The van der Waals surface area contributed by atoms with Crippen LogP contribution in [0.1, 0.15) is 24.0 Å². The normalized spacial score (nSPS) is 10.3. The standard InChI is InChI=1S/C21H22Cl3N3O4S/c1-12-8-15(9-13(2)20(12)24)31-11-19(29)26-27-21(32)25-18(28)4-3-7-30-17-6-5-14(22)10-16(17)23/h5-6,8-10H,3-4,7,11H2,1-2H3,(H,26,29)(H2,25,27,28,32). The van der Waals surface area contributed by atoms with E-state index < -0.39 is 5.91 Å². The zero-order valence-corrected chi connectivity index (χ0v) is 20.5. The minimum absolute atomic E-state index is 0.0387. The number of benzene rings is 2. The van der Waals surface area contributed by atoms with Crippen LogP contribution in [-0.2, 0) is 9.59 Å². The quantitative estimate of drug-likeness (QED) is 0.270. The second-order valence-corrected chi connectivity index (χ2v) is 8.37. The second kappa shape index (κ2) is 12.7. The number of hydrogen-bond acceptors (Lipinski definition) is 5. The van der Waals surface area contributed by atoms with Crippen molar-refractivity contribution in [3.05, 3.63) is 56.5 Å². The monoisotopic (exact) mass is 517 g/mol. The Morgan fingerprint density at radius 2 is 1.66 bits per heavy atom. The van der Waals surface area contributed by atoms with Gasteiger partial charge in [-0.25, -0.2) is 0 Å². The van der Waals surface area contributed by atoms with E-state index in [1.54, 1.807) is 30.3 Å². The summed E-state index contributed by atoms with van der Waals surface area (Å²) in [5.41, 5.74) is 6.51. The fourth-order valence-corrected chi connectivity index (χ4v) is 3.27. The molecule has 2 aromatic rings. The van der Waals surface area contributed by atoms with E-state index in [-0.39, 0.29) is 30.7 Å². The first-order valence-electron chi connectivity index (χ1n) is 9.51. The minimum atomic E-state index is -0.472. The Labute approximate surface area is 206 Å².